The number of thiophene rings is 1. The van der Waals surface area contributed by atoms with E-state index in [1.54, 1.807) is 11.3 Å². The molecule has 0 aliphatic heterocycles. The molecule has 3 heterocycles. The van der Waals surface area contributed by atoms with Crippen LogP contribution in [0.5, 0.6) is 0 Å². The van der Waals surface area contributed by atoms with Gasteiger partial charge in [-0.3, -0.25) is 0 Å². The molecule has 0 saturated heterocycles. The average molecular weight is 658 g/mol. The molecule has 0 amide bonds. The minimum atomic E-state index is 0.656. The van der Waals surface area contributed by atoms with Crippen molar-refractivity contribution >= 4 is 53.4 Å². The molecular formula is C45H27N3OS. The zero-order valence-corrected chi connectivity index (χ0v) is 27.6. The van der Waals surface area contributed by atoms with Crippen molar-refractivity contribution in [2.75, 3.05) is 0 Å². The minimum Gasteiger partial charge on any atom is -0.455 e. The first-order chi connectivity index (χ1) is 24.8. The topological polar surface area (TPSA) is 51.8 Å². The number of furan rings is 1. The van der Waals surface area contributed by atoms with Crippen LogP contribution in [-0.4, -0.2) is 15.0 Å². The van der Waals surface area contributed by atoms with Gasteiger partial charge in [0.15, 0.2) is 17.5 Å². The highest BCUT2D eigenvalue weighted by atomic mass is 32.1. The number of benzene rings is 7. The van der Waals surface area contributed by atoms with Gasteiger partial charge in [0, 0.05) is 53.2 Å². The summed E-state index contributed by atoms with van der Waals surface area (Å²) in [5.41, 5.74) is 9.22. The lowest BCUT2D eigenvalue weighted by atomic mass is 9.95. The molecule has 234 valence electrons. The molecule has 0 aliphatic carbocycles. The van der Waals surface area contributed by atoms with Crippen LogP contribution in [0.3, 0.4) is 0 Å². The monoisotopic (exact) mass is 657 g/mol. The van der Waals surface area contributed by atoms with E-state index in [0.29, 0.717) is 17.5 Å². The fourth-order valence-electron chi connectivity index (χ4n) is 6.91. The van der Waals surface area contributed by atoms with E-state index in [2.05, 4.69) is 91.0 Å². The van der Waals surface area contributed by atoms with Gasteiger partial charge < -0.3 is 4.42 Å². The predicted octanol–water partition coefficient (Wildman–Crippen LogP) is 12.5. The van der Waals surface area contributed by atoms with E-state index in [1.807, 2.05) is 72.8 Å². The second-order valence-corrected chi connectivity index (χ2v) is 13.5. The summed E-state index contributed by atoms with van der Waals surface area (Å²) in [5.74, 6) is 1.97. The van der Waals surface area contributed by atoms with E-state index in [0.717, 1.165) is 60.0 Å². The quantitative estimate of drug-likeness (QED) is 0.185. The van der Waals surface area contributed by atoms with E-state index in [9.17, 15) is 0 Å². The molecule has 0 radical (unpaired) electrons. The van der Waals surface area contributed by atoms with Crippen molar-refractivity contribution in [2.45, 2.75) is 0 Å². The summed E-state index contributed by atoms with van der Waals surface area (Å²) in [7, 11) is 0. The van der Waals surface area contributed by atoms with Crippen LogP contribution in [0.25, 0.3) is 98.5 Å². The second-order valence-electron chi connectivity index (χ2n) is 12.4. The Morgan fingerprint density at radius 3 is 1.70 bits per heavy atom. The highest BCUT2D eigenvalue weighted by Gasteiger charge is 2.19. The van der Waals surface area contributed by atoms with E-state index in [1.165, 1.54) is 21.0 Å². The number of fused-ring (bicyclic) bond motifs is 6. The predicted molar refractivity (Wildman–Crippen MR) is 207 cm³/mol. The number of hydrogen-bond donors (Lipinski definition) is 0. The lowest BCUT2D eigenvalue weighted by molar-refractivity contribution is 0.670. The number of nitrogens with zero attached hydrogens (tertiary/aromatic N) is 3. The molecule has 5 heteroatoms. The highest BCUT2D eigenvalue weighted by molar-refractivity contribution is 7.26. The Morgan fingerprint density at radius 1 is 0.380 bits per heavy atom. The maximum Gasteiger partial charge on any atom is 0.165 e. The van der Waals surface area contributed by atoms with Gasteiger partial charge in [0.2, 0.25) is 0 Å². The van der Waals surface area contributed by atoms with E-state index < -0.39 is 0 Å². The summed E-state index contributed by atoms with van der Waals surface area (Å²) in [5, 5.41) is 4.61. The Kier molecular flexibility index (Phi) is 6.64. The van der Waals surface area contributed by atoms with Gasteiger partial charge in [-0.05, 0) is 53.1 Å². The maximum atomic E-state index is 6.56. The first kappa shape index (κ1) is 28.6. The normalized spacial score (nSPS) is 11.6. The minimum absolute atomic E-state index is 0.656. The van der Waals surface area contributed by atoms with Gasteiger partial charge in [0.25, 0.3) is 0 Å². The molecule has 0 saturated carbocycles. The molecule has 3 aromatic heterocycles. The van der Waals surface area contributed by atoms with Crippen molar-refractivity contribution in [1.82, 2.24) is 15.0 Å². The summed E-state index contributed by atoms with van der Waals surface area (Å²) in [4.78, 5) is 15.0. The van der Waals surface area contributed by atoms with Crippen LogP contribution in [0, 0.1) is 0 Å². The molecule has 0 spiro atoms. The molecule has 0 bridgehead atoms. The zero-order chi connectivity index (χ0) is 33.0. The second kappa shape index (κ2) is 11.6. The van der Waals surface area contributed by atoms with E-state index >= 15 is 0 Å². The van der Waals surface area contributed by atoms with Crippen LogP contribution in [0.1, 0.15) is 0 Å². The van der Waals surface area contributed by atoms with Crippen LogP contribution in [0.15, 0.2) is 168 Å². The number of aromatic nitrogens is 3. The van der Waals surface area contributed by atoms with Gasteiger partial charge in [-0.25, -0.2) is 15.0 Å². The molecule has 10 rings (SSSR count). The Balaban J connectivity index is 1.17. The molecule has 0 unspecified atom stereocenters. The van der Waals surface area contributed by atoms with E-state index in [-0.39, 0.29) is 0 Å². The fraction of sp³-hybridized carbons (Fsp3) is 0. The Hall–Kier alpha value is -6.43. The molecule has 0 aliphatic rings. The van der Waals surface area contributed by atoms with Gasteiger partial charge in [-0.2, -0.15) is 0 Å². The Morgan fingerprint density at radius 2 is 0.980 bits per heavy atom. The van der Waals surface area contributed by atoms with Gasteiger partial charge in [-0.1, -0.05) is 127 Å². The van der Waals surface area contributed by atoms with Gasteiger partial charge >= 0.3 is 0 Å². The summed E-state index contributed by atoms with van der Waals surface area (Å²) < 4.78 is 8.92. The Labute approximate surface area is 292 Å². The first-order valence-corrected chi connectivity index (χ1v) is 17.4. The molecule has 0 N–H and O–H groups in total. The largest absolute Gasteiger partial charge is 0.455 e. The molecule has 0 fully saturated rings. The lowest BCUT2D eigenvalue weighted by Crippen LogP contribution is -2.00. The summed E-state index contributed by atoms with van der Waals surface area (Å²) >= 11 is 1.77. The van der Waals surface area contributed by atoms with Crippen LogP contribution in [0.2, 0.25) is 0 Å². The lowest BCUT2D eigenvalue weighted by Gasteiger charge is -2.09. The summed E-state index contributed by atoms with van der Waals surface area (Å²) in [6.45, 7) is 0. The Bertz CT molecular complexity index is 2800. The third kappa shape index (κ3) is 4.79. The van der Waals surface area contributed by atoms with Crippen LogP contribution in [0.4, 0.5) is 0 Å². The molecular weight excluding hydrogens is 631 g/mol. The first-order valence-electron chi connectivity index (χ1n) is 16.6. The summed E-state index contributed by atoms with van der Waals surface area (Å²) in [6, 6.07) is 56.8. The molecule has 10 aromatic rings. The number of hydrogen-bond acceptors (Lipinski definition) is 5. The van der Waals surface area contributed by atoms with Gasteiger partial charge in [0.1, 0.15) is 11.2 Å². The third-order valence-corrected chi connectivity index (χ3v) is 10.6. The van der Waals surface area contributed by atoms with Crippen molar-refractivity contribution < 1.29 is 4.42 Å². The third-order valence-electron chi connectivity index (χ3n) is 9.33. The summed E-state index contributed by atoms with van der Waals surface area (Å²) in [6.07, 6.45) is 0. The smallest absolute Gasteiger partial charge is 0.165 e. The van der Waals surface area contributed by atoms with Crippen molar-refractivity contribution in [3.05, 3.63) is 164 Å². The van der Waals surface area contributed by atoms with Crippen LogP contribution in [-0.2, 0) is 0 Å². The number of para-hydroxylation sites is 1. The maximum absolute atomic E-state index is 6.56. The highest BCUT2D eigenvalue weighted by Crippen LogP contribution is 2.44. The molecule has 7 aromatic carbocycles. The van der Waals surface area contributed by atoms with Crippen molar-refractivity contribution in [1.29, 1.82) is 0 Å². The van der Waals surface area contributed by atoms with Crippen molar-refractivity contribution in [3.8, 4) is 56.4 Å². The average Bonchev–Trinajstić information content (AvgIpc) is 3.76. The fourth-order valence-corrected chi connectivity index (χ4v) is 8.10. The van der Waals surface area contributed by atoms with Gasteiger partial charge in [-0.15, -0.1) is 11.3 Å². The van der Waals surface area contributed by atoms with Crippen molar-refractivity contribution in [3.63, 3.8) is 0 Å². The molecule has 4 nitrogen and oxygen atoms in total. The molecule has 50 heavy (non-hydrogen) atoms. The zero-order valence-electron chi connectivity index (χ0n) is 26.7. The number of rotatable bonds is 5. The van der Waals surface area contributed by atoms with Crippen LogP contribution < -0.4 is 0 Å². The van der Waals surface area contributed by atoms with Crippen LogP contribution >= 0.6 is 11.3 Å². The SMILES string of the molecule is c1ccc(-c2cc(-c3ccc4sc5c(-c6nc(-c7ccccc7)nc(-c7ccccc7)n6)cccc5c4c3)c3oc4ccccc4c3c2)cc1. The van der Waals surface area contributed by atoms with Gasteiger partial charge in [0.05, 0.1) is 0 Å². The standard InChI is InChI=1S/C45H27N3OS/c1-4-13-28(14-5-1)32-26-36(41-38(27-32)33-19-10-11-22-39(33)49-41)31-23-24-40-37(25-31)34-20-12-21-35(42(34)50-40)45-47-43(29-15-6-2-7-16-29)46-44(48-45)30-17-8-3-9-18-30/h1-27H. The van der Waals surface area contributed by atoms with Crippen molar-refractivity contribution in [2.24, 2.45) is 0 Å². The van der Waals surface area contributed by atoms with E-state index in [4.69, 9.17) is 19.4 Å². The molecule has 0 atom stereocenters.